The summed E-state index contributed by atoms with van der Waals surface area (Å²) >= 11 is 1.49. The molecule has 1 N–H and O–H groups in total. The van der Waals surface area contributed by atoms with E-state index < -0.39 is 0 Å². The fraction of sp³-hybridized carbons (Fsp3) is 0.0500. The Morgan fingerprint density at radius 1 is 1.26 bits per heavy atom. The molecule has 0 bridgehead atoms. The number of imidazole rings is 1. The number of fused-ring (bicyclic) bond motifs is 1. The van der Waals surface area contributed by atoms with Gasteiger partial charge < -0.3 is 5.11 Å². The normalized spacial score (nSPS) is 10.6. The highest BCUT2D eigenvalue weighted by atomic mass is 32.1. The van der Waals surface area contributed by atoms with Crippen molar-refractivity contribution < 1.29 is 9.90 Å². The Hall–Kier alpha value is -3.63. The molecule has 1 amide bonds. The van der Waals surface area contributed by atoms with Crippen LogP contribution in [0.15, 0.2) is 66.6 Å². The summed E-state index contributed by atoms with van der Waals surface area (Å²) in [4.78, 5) is 17.2. The number of anilines is 1. The van der Waals surface area contributed by atoms with Crippen molar-refractivity contribution in [2.75, 3.05) is 5.01 Å². The van der Waals surface area contributed by atoms with Crippen LogP contribution in [0.4, 0.5) is 5.69 Å². The molecule has 0 spiro atoms. The van der Waals surface area contributed by atoms with Crippen LogP contribution in [-0.4, -0.2) is 20.7 Å². The Labute approximate surface area is 159 Å². The Kier molecular flexibility index (Phi) is 4.32. The molecule has 2 heterocycles. The maximum Gasteiger partial charge on any atom is 0.250 e. The van der Waals surface area contributed by atoms with Gasteiger partial charge in [-0.2, -0.15) is 5.26 Å². The average Bonchev–Trinajstić information content (AvgIpc) is 3.33. The van der Waals surface area contributed by atoms with Crippen LogP contribution in [0.3, 0.4) is 0 Å². The largest absolute Gasteiger partial charge is 0.508 e. The molecule has 0 saturated carbocycles. The molecule has 27 heavy (non-hydrogen) atoms. The van der Waals surface area contributed by atoms with E-state index in [1.165, 1.54) is 16.3 Å². The van der Waals surface area contributed by atoms with E-state index in [0.29, 0.717) is 11.3 Å². The molecule has 2 aromatic carbocycles. The van der Waals surface area contributed by atoms with Crippen molar-refractivity contribution in [1.29, 1.82) is 5.26 Å². The zero-order valence-corrected chi connectivity index (χ0v) is 14.9. The summed E-state index contributed by atoms with van der Waals surface area (Å²) in [5, 5.41) is 23.0. The topological polar surface area (TPSA) is 82.1 Å². The summed E-state index contributed by atoms with van der Waals surface area (Å²) in [6.07, 6.45) is 5.05. The van der Waals surface area contributed by atoms with E-state index in [1.54, 1.807) is 59.8 Å². The zero-order valence-electron chi connectivity index (χ0n) is 14.1. The first-order valence-electron chi connectivity index (χ1n) is 8.16. The molecular formula is C20H14N4O2S. The second kappa shape index (κ2) is 6.94. The molecule has 2 aromatic heterocycles. The number of thiophene rings is 1. The van der Waals surface area contributed by atoms with Gasteiger partial charge in [0, 0.05) is 17.1 Å². The van der Waals surface area contributed by atoms with Crippen LogP contribution in [0.2, 0.25) is 0 Å². The molecular weight excluding hydrogens is 360 g/mol. The number of carbonyl (C=O) groups is 1. The van der Waals surface area contributed by atoms with E-state index in [1.807, 2.05) is 11.4 Å². The minimum Gasteiger partial charge on any atom is -0.508 e. The lowest BCUT2D eigenvalue weighted by atomic mass is 10.1. The quantitative estimate of drug-likeness (QED) is 0.590. The van der Waals surface area contributed by atoms with Gasteiger partial charge in [0.25, 0.3) is 5.91 Å². The van der Waals surface area contributed by atoms with Gasteiger partial charge in [0.15, 0.2) is 0 Å². The van der Waals surface area contributed by atoms with Crippen molar-refractivity contribution in [3.05, 3.63) is 77.7 Å². The monoisotopic (exact) mass is 374 g/mol. The van der Waals surface area contributed by atoms with Gasteiger partial charge >= 0.3 is 0 Å². The predicted molar refractivity (Wildman–Crippen MR) is 103 cm³/mol. The summed E-state index contributed by atoms with van der Waals surface area (Å²) in [5.74, 6) is 0.0744. The molecule has 132 valence electrons. The van der Waals surface area contributed by atoms with Crippen molar-refractivity contribution in [1.82, 2.24) is 9.66 Å². The number of aromatic hydroxyl groups is 1. The van der Waals surface area contributed by atoms with E-state index in [0.717, 1.165) is 15.6 Å². The maximum absolute atomic E-state index is 13.1. The van der Waals surface area contributed by atoms with E-state index in [4.69, 9.17) is 5.26 Å². The SMILES string of the molecule is N#Cc1ccc(N(C(=O)Cc2csc3cc(O)ccc23)n2ccnc2)cc1. The molecule has 0 aliphatic heterocycles. The molecule has 4 rings (SSSR count). The van der Waals surface area contributed by atoms with Gasteiger partial charge in [-0.15, -0.1) is 11.3 Å². The van der Waals surface area contributed by atoms with Crippen molar-refractivity contribution >= 4 is 33.0 Å². The zero-order chi connectivity index (χ0) is 18.8. The highest BCUT2D eigenvalue weighted by Crippen LogP contribution is 2.30. The molecule has 0 radical (unpaired) electrons. The maximum atomic E-state index is 13.1. The lowest BCUT2D eigenvalue weighted by Gasteiger charge is -2.23. The minimum atomic E-state index is -0.134. The number of phenols is 1. The number of carbonyl (C=O) groups excluding carboxylic acids is 1. The van der Waals surface area contributed by atoms with Crippen LogP contribution in [0.25, 0.3) is 10.1 Å². The van der Waals surface area contributed by atoms with Crippen LogP contribution in [0.5, 0.6) is 5.75 Å². The Morgan fingerprint density at radius 3 is 2.78 bits per heavy atom. The third kappa shape index (κ3) is 3.26. The van der Waals surface area contributed by atoms with Crippen molar-refractivity contribution in [2.24, 2.45) is 0 Å². The molecule has 0 atom stereocenters. The van der Waals surface area contributed by atoms with Crippen LogP contribution >= 0.6 is 11.3 Å². The smallest absolute Gasteiger partial charge is 0.250 e. The van der Waals surface area contributed by atoms with Gasteiger partial charge in [-0.25, -0.2) is 14.7 Å². The van der Waals surface area contributed by atoms with Crippen LogP contribution in [0, 0.1) is 11.3 Å². The number of hydrogen-bond acceptors (Lipinski definition) is 5. The number of aromatic nitrogens is 2. The molecule has 4 aromatic rings. The Balaban J connectivity index is 1.69. The summed E-state index contributed by atoms with van der Waals surface area (Å²) in [6.45, 7) is 0. The van der Waals surface area contributed by atoms with Gasteiger partial charge in [-0.1, -0.05) is 0 Å². The van der Waals surface area contributed by atoms with E-state index >= 15 is 0 Å². The molecule has 0 saturated heterocycles. The molecule has 0 aliphatic rings. The summed E-state index contributed by atoms with van der Waals surface area (Å²) in [5.41, 5.74) is 2.08. The lowest BCUT2D eigenvalue weighted by molar-refractivity contribution is -0.118. The van der Waals surface area contributed by atoms with Gasteiger partial charge in [-0.05, 0) is 58.8 Å². The van der Waals surface area contributed by atoms with E-state index in [-0.39, 0.29) is 18.1 Å². The summed E-state index contributed by atoms with van der Waals surface area (Å²) in [7, 11) is 0. The number of benzene rings is 2. The first kappa shape index (κ1) is 16.8. The van der Waals surface area contributed by atoms with E-state index in [9.17, 15) is 9.90 Å². The summed E-state index contributed by atoms with van der Waals surface area (Å²) in [6, 6.07) is 14.0. The minimum absolute atomic E-state index is 0.134. The second-order valence-electron chi connectivity index (χ2n) is 5.93. The number of phenolic OH excluding ortho intramolecular Hbond substituents is 1. The van der Waals surface area contributed by atoms with Crippen LogP contribution < -0.4 is 5.01 Å². The lowest BCUT2D eigenvalue weighted by Crippen LogP contribution is -2.36. The predicted octanol–water partition coefficient (Wildman–Crippen LogP) is 3.71. The van der Waals surface area contributed by atoms with Gasteiger partial charge in [0.05, 0.1) is 23.7 Å². The number of amides is 1. The average molecular weight is 374 g/mol. The van der Waals surface area contributed by atoms with Crippen LogP contribution in [-0.2, 0) is 11.2 Å². The molecule has 6 nitrogen and oxygen atoms in total. The van der Waals surface area contributed by atoms with Crippen LogP contribution in [0.1, 0.15) is 11.1 Å². The second-order valence-corrected chi connectivity index (χ2v) is 6.84. The number of nitrogens with zero attached hydrogens (tertiary/aromatic N) is 4. The molecule has 7 heteroatoms. The third-order valence-electron chi connectivity index (χ3n) is 4.18. The van der Waals surface area contributed by atoms with Crippen molar-refractivity contribution in [3.8, 4) is 11.8 Å². The molecule has 0 fully saturated rings. The van der Waals surface area contributed by atoms with E-state index in [2.05, 4.69) is 11.1 Å². The first-order chi connectivity index (χ1) is 13.2. The first-order valence-corrected chi connectivity index (χ1v) is 9.04. The molecule has 0 unspecified atom stereocenters. The van der Waals surface area contributed by atoms with Gasteiger partial charge in [-0.3, -0.25) is 4.79 Å². The fourth-order valence-corrected chi connectivity index (χ4v) is 3.89. The fourth-order valence-electron chi connectivity index (χ4n) is 2.90. The van der Waals surface area contributed by atoms with Crippen molar-refractivity contribution in [3.63, 3.8) is 0 Å². The number of rotatable bonds is 4. The Bertz CT molecular complexity index is 1140. The highest BCUT2D eigenvalue weighted by Gasteiger charge is 2.20. The standard InChI is InChI=1S/C20H14N4O2S/c21-11-14-1-3-16(4-2-14)24(23-8-7-22-13-23)20(26)9-15-12-27-19-10-17(25)5-6-18(15)19/h1-8,10,12-13,25H,9H2. The third-order valence-corrected chi connectivity index (χ3v) is 5.17. The number of nitriles is 1. The summed E-state index contributed by atoms with van der Waals surface area (Å²) < 4.78 is 2.55. The molecule has 0 aliphatic carbocycles. The van der Waals surface area contributed by atoms with Crippen molar-refractivity contribution in [2.45, 2.75) is 6.42 Å². The van der Waals surface area contributed by atoms with Gasteiger partial charge in [0.1, 0.15) is 12.1 Å². The Morgan fingerprint density at radius 2 is 2.07 bits per heavy atom. The highest BCUT2D eigenvalue weighted by molar-refractivity contribution is 7.17. The van der Waals surface area contributed by atoms with Gasteiger partial charge in [0.2, 0.25) is 0 Å². The number of hydrogen-bond donors (Lipinski definition) is 1.